The molecule has 0 atom stereocenters. The van der Waals surface area contributed by atoms with Crippen molar-refractivity contribution in [1.29, 1.82) is 5.26 Å². The Morgan fingerprint density at radius 2 is 2.06 bits per heavy atom. The highest BCUT2D eigenvalue weighted by molar-refractivity contribution is 5.53. The number of halogens is 3. The molecular formula is C10H10F3N3. The van der Waals surface area contributed by atoms with E-state index in [9.17, 15) is 13.2 Å². The average molecular weight is 229 g/mol. The van der Waals surface area contributed by atoms with Crippen LogP contribution in [0.25, 0.3) is 0 Å². The highest BCUT2D eigenvalue weighted by atomic mass is 19.4. The van der Waals surface area contributed by atoms with Gasteiger partial charge in [0.05, 0.1) is 17.2 Å². The van der Waals surface area contributed by atoms with Crippen LogP contribution in [0.15, 0.2) is 18.2 Å². The molecule has 0 heterocycles. The Morgan fingerprint density at radius 1 is 1.38 bits per heavy atom. The predicted molar refractivity (Wildman–Crippen MR) is 53.7 cm³/mol. The minimum Gasteiger partial charge on any atom is -0.384 e. The van der Waals surface area contributed by atoms with Crippen LogP contribution in [-0.2, 0) is 6.18 Å². The zero-order valence-corrected chi connectivity index (χ0v) is 8.30. The van der Waals surface area contributed by atoms with Crippen molar-refractivity contribution >= 4 is 5.69 Å². The molecule has 0 aromatic heterocycles. The fourth-order valence-electron chi connectivity index (χ4n) is 1.20. The summed E-state index contributed by atoms with van der Waals surface area (Å²) in [6.07, 6.45) is -4.52. The fourth-order valence-corrected chi connectivity index (χ4v) is 1.20. The van der Waals surface area contributed by atoms with Crippen LogP contribution in [0.3, 0.4) is 0 Å². The molecule has 1 aromatic carbocycles. The number of hydrogen-bond donors (Lipinski definition) is 2. The summed E-state index contributed by atoms with van der Waals surface area (Å²) in [4.78, 5) is 0. The van der Waals surface area contributed by atoms with E-state index in [0.717, 1.165) is 12.1 Å². The molecule has 6 heteroatoms. The van der Waals surface area contributed by atoms with Gasteiger partial charge in [-0.25, -0.2) is 0 Å². The van der Waals surface area contributed by atoms with Crippen molar-refractivity contribution in [3.05, 3.63) is 29.3 Å². The van der Waals surface area contributed by atoms with Crippen molar-refractivity contribution in [1.82, 2.24) is 0 Å². The number of benzene rings is 1. The number of nitrogens with two attached hydrogens (primary N) is 1. The first-order valence-corrected chi connectivity index (χ1v) is 4.54. The van der Waals surface area contributed by atoms with E-state index in [0.29, 0.717) is 18.8 Å². The first-order chi connectivity index (χ1) is 7.49. The molecule has 0 bridgehead atoms. The van der Waals surface area contributed by atoms with Crippen molar-refractivity contribution in [3.63, 3.8) is 0 Å². The molecule has 0 aliphatic heterocycles. The normalized spacial score (nSPS) is 10.9. The average Bonchev–Trinajstić information content (AvgIpc) is 2.24. The van der Waals surface area contributed by atoms with E-state index < -0.39 is 11.7 Å². The fraction of sp³-hybridized carbons (Fsp3) is 0.300. The molecule has 3 nitrogen and oxygen atoms in total. The second kappa shape index (κ2) is 4.86. The van der Waals surface area contributed by atoms with Crippen LogP contribution in [0.1, 0.15) is 11.1 Å². The van der Waals surface area contributed by atoms with Crippen molar-refractivity contribution < 1.29 is 13.2 Å². The summed E-state index contributed by atoms with van der Waals surface area (Å²) in [6.45, 7) is 0.699. The van der Waals surface area contributed by atoms with Gasteiger partial charge in [-0.1, -0.05) is 0 Å². The van der Waals surface area contributed by atoms with Gasteiger partial charge in [0.25, 0.3) is 0 Å². The van der Waals surface area contributed by atoms with E-state index in [2.05, 4.69) is 5.32 Å². The van der Waals surface area contributed by atoms with Gasteiger partial charge < -0.3 is 11.1 Å². The van der Waals surface area contributed by atoms with E-state index in [1.165, 1.54) is 12.1 Å². The van der Waals surface area contributed by atoms with Gasteiger partial charge in [0.1, 0.15) is 0 Å². The van der Waals surface area contributed by atoms with Crippen molar-refractivity contribution in [2.24, 2.45) is 5.73 Å². The highest BCUT2D eigenvalue weighted by Crippen LogP contribution is 2.33. The van der Waals surface area contributed by atoms with Crippen molar-refractivity contribution in [2.75, 3.05) is 18.4 Å². The third-order valence-electron chi connectivity index (χ3n) is 1.92. The lowest BCUT2D eigenvalue weighted by atomic mass is 10.1. The minimum absolute atomic E-state index is 0.303. The molecule has 0 saturated heterocycles. The molecule has 0 spiro atoms. The molecule has 0 aliphatic carbocycles. The van der Waals surface area contributed by atoms with Gasteiger partial charge in [-0.05, 0) is 18.2 Å². The molecule has 1 aromatic rings. The van der Waals surface area contributed by atoms with Crippen LogP contribution < -0.4 is 11.1 Å². The maximum absolute atomic E-state index is 12.5. The lowest BCUT2D eigenvalue weighted by Gasteiger charge is -2.11. The monoisotopic (exact) mass is 229 g/mol. The molecule has 3 N–H and O–H groups in total. The van der Waals surface area contributed by atoms with Crippen molar-refractivity contribution in [2.45, 2.75) is 6.18 Å². The smallest absolute Gasteiger partial charge is 0.384 e. The summed E-state index contributed by atoms with van der Waals surface area (Å²) in [5, 5.41) is 11.3. The Balaban J connectivity index is 3.08. The molecule has 16 heavy (non-hydrogen) atoms. The van der Waals surface area contributed by atoms with Crippen molar-refractivity contribution in [3.8, 4) is 6.07 Å². The number of rotatable bonds is 3. The summed E-state index contributed by atoms with van der Waals surface area (Å²) < 4.78 is 37.6. The molecule has 0 saturated carbocycles. The maximum Gasteiger partial charge on any atom is 0.417 e. The molecule has 0 unspecified atom stereocenters. The van der Waals surface area contributed by atoms with E-state index in [1.54, 1.807) is 0 Å². The number of nitriles is 1. The van der Waals surface area contributed by atoms with Gasteiger partial charge in [0.2, 0.25) is 0 Å². The van der Waals surface area contributed by atoms with Crippen LogP contribution >= 0.6 is 0 Å². The number of anilines is 1. The van der Waals surface area contributed by atoms with Gasteiger partial charge in [0.15, 0.2) is 0 Å². The summed E-state index contributed by atoms with van der Waals surface area (Å²) in [6, 6.07) is 4.98. The van der Waals surface area contributed by atoms with Crippen LogP contribution in [0.2, 0.25) is 0 Å². The lowest BCUT2D eigenvalue weighted by molar-refractivity contribution is -0.137. The molecule has 1 rings (SSSR count). The lowest BCUT2D eigenvalue weighted by Crippen LogP contribution is -2.14. The van der Waals surface area contributed by atoms with Gasteiger partial charge in [-0.3, -0.25) is 0 Å². The standard InChI is InChI=1S/C10H10F3N3/c11-10(12,13)9-5-8(16-4-3-14)2-1-7(9)6-15/h1-2,5,16H,3-4,14H2. The number of nitrogens with one attached hydrogen (secondary N) is 1. The molecular weight excluding hydrogens is 219 g/mol. The second-order valence-electron chi connectivity index (χ2n) is 3.09. The number of nitrogens with zero attached hydrogens (tertiary/aromatic N) is 1. The van der Waals surface area contributed by atoms with E-state index >= 15 is 0 Å². The minimum atomic E-state index is -4.52. The third-order valence-corrected chi connectivity index (χ3v) is 1.92. The van der Waals surface area contributed by atoms with Gasteiger partial charge in [0, 0.05) is 18.8 Å². The Morgan fingerprint density at radius 3 is 2.56 bits per heavy atom. The molecule has 0 fully saturated rings. The van der Waals surface area contributed by atoms with Crippen LogP contribution in [-0.4, -0.2) is 13.1 Å². The third kappa shape index (κ3) is 2.87. The van der Waals surface area contributed by atoms with E-state index in [-0.39, 0.29) is 5.56 Å². The van der Waals surface area contributed by atoms with E-state index in [4.69, 9.17) is 11.0 Å². The predicted octanol–water partition coefficient (Wildman–Crippen LogP) is 1.95. The summed E-state index contributed by atoms with van der Waals surface area (Å²) >= 11 is 0. The molecule has 86 valence electrons. The topological polar surface area (TPSA) is 61.8 Å². The first-order valence-electron chi connectivity index (χ1n) is 4.54. The van der Waals surface area contributed by atoms with Crippen LogP contribution in [0.5, 0.6) is 0 Å². The Hall–Kier alpha value is -1.74. The zero-order valence-electron chi connectivity index (χ0n) is 8.30. The Kier molecular flexibility index (Phi) is 3.74. The van der Waals surface area contributed by atoms with E-state index in [1.807, 2.05) is 0 Å². The largest absolute Gasteiger partial charge is 0.417 e. The van der Waals surface area contributed by atoms with Gasteiger partial charge >= 0.3 is 6.18 Å². The molecule has 0 amide bonds. The number of hydrogen-bond acceptors (Lipinski definition) is 3. The quantitative estimate of drug-likeness (QED) is 0.832. The Labute approximate surface area is 90.7 Å². The highest BCUT2D eigenvalue weighted by Gasteiger charge is 2.33. The maximum atomic E-state index is 12.5. The van der Waals surface area contributed by atoms with Crippen LogP contribution in [0, 0.1) is 11.3 Å². The number of alkyl halides is 3. The SMILES string of the molecule is N#Cc1ccc(NCCN)cc1C(F)(F)F. The van der Waals surface area contributed by atoms with Gasteiger partial charge in [-0.15, -0.1) is 0 Å². The summed E-state index contributed by atoms with van der Waals surface area (Å²) in [5.74, 6) is 0. The first kappa shape index (κ1) is 12.3. The van der Waals surface area contributed by atoms with Gasteiger partial charge in [-0.2, -0.15) is 18.4 Å². The summed E-state index contributed by atoms with van der Waals surface area (Å²) in [5.41, 5.74) is 4.20. The second-order valence-corrected chi connectivity index (χ2v) is 3.09. The zero-order chi connectivity index (χ0) is 12.2. The molecule has 0 radical (unpaired) electrons. The Bertz CT molecular complexity index is 407. The molecule has 0 aliphatic rings. The summed E-state index contributed by atoms with van der Waals surface area (Å²) in [7, 11) is 0. The van der Waals surface area contributed by atoms with Crippen LogP contribution in [0.4, 0.5) is 18.9 Å².